The highest BCUT2D eigenvalue weighted by atomic mass is 19.2. The number of fused-ring (bicyclic) bond motifs is 1. The molecule has 1 atom stereocenters. The maximum atomic E-state index is 14.2. The summed E-state index contributed by atoms with van der Waals surface area (Å²) in [6, 6.07) is 5.77. The Morgan fingerprint density at radius 2 is 1.52 bits per heavy atom. The molecule has 29 heavy (non-hydrogen) atoms. The minimum atomic E-state index is -1.16. The molecule has 3 aromatic rings. The Morgan fingerprint density at radius 1 is 0.862 bits per heavy atom. The molecule has 5 rings (SSSR count). The monoisotopic (exact) mass is 400 g/mol. The smallest absolute Gasteiger partial charge is 0.161 e. The molecule has 2 fully saturated rings. The number of benzene rings is 1. The summed E-state index contributed by atoms with van der Waals surface area (Å²) >= 11 is 0. The number of imidazole rings is 1. The van der Waals surface area contributed by atoms with Crippen molar-refractivity contribution < 1.29 is 18.3 Å². The molecule has 0 spiro atoms. The lowest BCUT2D eigenvalue weighted by Crippen LogP contribution is -2.23. The quantitative estimate of drug-likeness (QED) is 0.576. The van der Waals surface area contributed by atoms with Crippen LogP contribution in [-0.4, -0.2) is 14.5 Å². The Bertz CT molecular complexity index is 1050. The first-order valence-corrected chi connectivity index (χ1v) is 10.3. The lowest BCUT2D eigenvalue weighted by atomic mass is 9.75. The molecular weight excluding hydrogens is 377 g/mol. The Balaban J connectivity index is 1.38. The molecule has 0 aliphatic heterocycles. The zero-order valence-corrected chi connectivity index (χ0v) is 16.0. The number of hydrogen-bond acceptors (Lipinski definition) is 2. The molecule has 2 aliphatic rings. The van der Waals surface area contributed by atoms with Crippen LogP contribution >= 0.6 is 0 Å². The van der Waals surface area contributed by atoms with Gasteiger partial charge in [0.1, 0.15) is 5.82 Å². The first kappa shape index (κ1) is 18.7. The van der Waals surface area contributed by atoms with E-state index >= 15 is 0 Å². The second-order valence-electron chi connectivity index (χ2n) is 8.48. The van der Waals surface area contributed by atoms with E-state index in [2.05, 4.69) is 11.1 Å². The Kier molecular flexibility index (Phi) is 4.62. The highest BCUT2D eigenvalue weighted by molar-refractivity contribution is 5.50. The number of hydrogen-bond donors (Lipinski definition) is 1. The third kappa shape index (κ3) is 3.33. The predicted octanol–water partition coefficient (Wildman–Crippen LogP) is 5.64. The second-order valence-corrected chi connectivity index (χ2v) is 8.48. The van der Waals surface area contributed by atoms with Gasteiger partial charge in [-0.25, -0.2) is 18.2 Å². The summed E-state index contributed by atoms with van der Waals surface area (Å²) in [6.45, 7) is 0. The van der Waals surface area contributed by atoms with Gasteiger partial charge in [-0.05, 0) is 79.5 Å². The third-order valence-corrected chi connectivity index (χ3v) is 6.65. The predicted molar refractivity (Wildman–Crippen MR) is 103 cm³/mol. The fraction of sp³-hybridized carbons (Fsp3) is 0.435. The molecule has 0 bridgehead atoms. The molecule has 2 saturated carbocycles. The van der Waals surface area contributed by atoms with Gasteiger partial charge in [0.2, 0.25) is 0 Å². The number of aliphatic hydroxyl groups excluding tert-OH is 1. The molecule has 1 aromatic carbocycles. The second kappa shape index (κ2) is 7.17. The molecule has 152 valence electrons. The van der Waals surface area contributed by atoms with Gasteiger partial charge in [0.05, 0.1) is 29.8 Å². The zero-order valence-electron chi connectivity index (χ0n) is 16.0. The van der Waals surface area contributed by atoms with Crippen molar-refractivity contribution in [1.82, 2.24) is 9.38 Å². The van der Waals surface area contributed by atoms with Crippen LogP contribution in [0.5, 0.6) is 0 Å². The highest BCUT2D eigenvalue weighted by Crippen LogP contribution is 2.47. The maximum absolute atomic E-state index is 14.2. The van der Waals surface area contributed by atoms with Crippen LogP contribution in [0.4, 0.5) is 13.2 Å². The van der Waals surface area contributed by atoms with Gasteiger partial charge >= 0.3 is 0 Å². The highest BCUT2D eigenvalue weighted by Gasteiger charge is 2.35. The number of rotatable bonds is 4. The van der Waals surface area contributed by atoms with Gasteiger partial charge in [-0.1, -0.05) is 6.07 Å². The lowest BCUT2D eigenvalue weighted by Gasteiger charge is -2.33. The SMILES string of the molecule is O[C@H](c1c(C2CC2)ccc2cncn12)[C@H]1CC[C@H](c2cc(F)c(F)cc2F)CC1. The van der Waals surface area contributed by atoms with Crippen LogP contribution in [0.1, 0.15) is 73.3 Å². The van der Waals surface area contributed by atoms with Gasteiger partial charge < -0.3 is 9.51 Å². The number of aliphatic hydroxyl groups is 1. The molecule has 2 aliphatic carbocycles. The summed E-state index contributed by atoms with van der Waals surface area (Å²) in [5, 5.41) is 11.3. The molecule has 0 amide bonds. The van der Waals surface area contributed by atoms with E-state index in [0.717, 1.165) is 30.1 Å². The van der Waals surface area contributed by atoms with Crippen molar-refractivity contribution in [1.29, 1.82) is 0 Å². The van der Waals surface area contributed by atoms with Crippen LogP contribution in [0.25, 0.3) is 5.52 Å². The topological polar surface area (TPSA) is 37.5 Å². The van der Waals surface area contributed by atoms with Crippen molar-refractivity contribution >= 4 is 5.52 Å². The van der Waals surface area contributed by atoms with Crippen LogP contribution < -0.4 is 0 Å². The van der Waals surface area contributed by atoms with E-state index in [-0.39, 0.29) is 17.4 Å². The number of aromatic nitrogens is 2. The van der Waals surface area contributed by atoms with Gasteiger partial charge in [0.25, 0.3) is 0 Å². The normalized spacial score (nSPS) is 23.4. The number of pyridine rings is 1. The van der Waals surface area contributed by atoms with E-state index < -0.39 is 23.6 Å². The van der Waals surface area contributed by atoms with Gasteiger partial charge in [0.15, 0.2) is 11.6 Å². The number of nitrogens with zero attached hydrogens (tertiary/aromatic N) is 2. The molecule has 0 radical (unpaired) electrons. The molecule has 0 unspecified atom stereocenters. The van der Waals surface area contributed by atoms with Gasteiger partial charge in [-0.3, -0.25) is 0 Å². The minimum absolute atomic E-state index is 0.0464. The Labute approximate surface area is 167 Å². The van der Waals surface area contributed by atoms with Crippen molar-refractivity contribution in [2.75, 3.05) is 0 Å². The Hall–Kier alpha value is -2.34. The largest absolute Gasteiger partial charge is 0.387 e. The summed E-state index contributed by atoms with van der Waals surface area (Å²) < 4.78 is 43.0. The molecule has 1 N–H and O–H groups in total. The molecule has 3 nitrogen and oxygen atoms in total. The lowest BCUT2D eigenvalue weighted by molar-refractivity contribution is 0.0751. The van der Waals surface area contributed by atoms with Crippen molar-refractivity contribution in [3.8, 4) is 0 Å². The molecule has 6 heteroatoms. The van der Waals surface area contributed by atoms with Crippen LogP contribution in [0, 0.1) is 23.4 Å². The van der Waals surface area contributed by atoms with E-state index in [1.54, 1.807) is 12.5 Å². The molecule has 0 saturated heterocycles. The average Bonchev–Trinajstić information content (AvgIpc) is 3.46. The van der Waals surface area contributed by atoms with E-state index in [0.29, 0.717) is 37.7 Å². The summed E-state index contributed by atoms with van der Waals surface area (Å²) in [4.78, 5) is 4.23. The Morgan fingerprint density at radius 3 is 2.24 bits per heavy atom. The number of halogens is 3. The summed E-state index contributed by atoms with van der Waals surface area (Å²) in [5.74, 6) is -2.46. The van der Waals surface area contributed by atoms with Crippen LogP contribution in [0.3, 0.4) is 0 Å². The van der Waals surface area contributed by atoms with Crippen molar-refractivity contribution in [3.05, 3.63) is 71.1 Å². The zero-order chi connectivity index (χ0) is 20.1. The van der Waals surface area contributed by atoms with Gasteiger partial charge in [-0.15, -0.1) is 0 Å². The van der Waals surface area contributed by atoms with Crippen LogP contribution in [-0.2, 0) is 0 Å². The van der Waals surface area contributed by atoms with Crippen molar-refractivity contribution in [2.45, 2.75) is 56.5 Å². The summed E-state index contributed by atoms with van der Waals surface area (Å²) in [5.41, 5.74) is 3.31. The average molecular weight is 400 g/mol. The first-order chi connectivity index (χ1) is 14.0. The maximum Gasteiger partial charge on any atom is 0.161 e. The molecular formula is C23H23F3N2O. The van der Waals surface area contributed by atoms with Crippen molar-refractivity contribution in [2.24, 2.45) is 5.92 Å². The third-order valence-electron chi connectivity index (χ3n) is 6.65. The van der Waals surface area contributed by atoms with Crippen LogP contribution in [0.15, 0.2) is 36.8 Å². The van der Waals surface area contributed by atoms with Gasteiger partial charge in [0, 0.05) is 6.07 Å². The summed E-state index contributed by atoms with van der Waals surface area (Å²) in [6.07, 6.45) is 7.89. The van der Waals surface area contributed by atoms with Crippen molar-refractivity contribution in [3.63, 3.8) is 0 Å². The van der Waals surface area contributed by atoms with E-state index in [9.17, 15) is 18.3 Å². The summed E-state index contributed by atoms with van der Waals surface area (Å²) in [7, 11) is 0. The fourth-order valence-corrected chi connectivity index (χ4v) is 4.90. The standard InChI is InChI=1S/C23H23F3N2O/c24-19-10-21(26)20(25)9-18(19)14-3-5-15(6-4-14)23(29)22-17(13-1-2-13)8-7-16-11-27-12-28(16)22/h7-15,23,29H,1-6H2/t14-,15-,23-/m0/s1. The molecule has 2 aromatic heterocycles. The van der Waals surface area contributed by atoms with E-state index in [1.165, 1.54) is 5.56 Å². The van der Waals surface area contributed by atoms with Crippen LogP contribution in [0.2, 0.25) is 0 Å². The fourth-order valence-electron chi connectivity index (χ4n) is 4.90. The van der Waals surface area contributed by atoms with Gasteiger partial charge in [-0.2, -0.15) is 0 Å². The van der Waals surface area contributed by atoms with E-state index in [4.69, 9.17) is 0 Å². The minimum Gasteiger partial charge on any atom is -0.387 e. The van der Waals surface area contributed by atoms with E-state index in [1.807, 2.05) is 10.5 Å². The molecule has 2 heterocycles. The first-order valence-electron chi connectivity index (χ1n) is 10.3.